The van der Waals surface area contributed by atoms with Crippen LogP contribution in [0, 0.1) is 11.6 Å². The molecule has 0 unspecified atom stereocenters. The Balaban J connectivity index is 1.69. The topological polar surface area (TPSA) is 58.4 Å². The summed E-state index contributed by atoms with van der Waals surface area (Å²) in [5, 5.41) is 15.4. The highest BCUT2D eigenvalue weighted by Crippen LogP contribution is 2.41. The van der Waals surface area contributed by atoms with Crippen LogP contribution in [0.1, 0.15) is 40.9 Å². The Kier molecular flexibility index (Phi) is 5.23. The first-order chi connectivity index (χ1) is 16.0. The van der Waals surface area contributed by atoms with Crippen molar-refractivity contribution in [2.45, 2.75) is 44.6 Å². The Morgan fingerprint density at radius 3 is 2.62 bits per heavy atom. The van der Waals surface area contributed by atoms with E-state index in [1.165, 1.54) is 23.7 Å². The molecule has 2 atom stereocenters. The second-order valence-electron chi connectivity index (χ2n) is 8.66. The lowest BCUT2D eigenvalue weighted by molar-refractivity contribution is -0.137. The van der Waals surface area contributed by atoms with Crippen molar-refractivity contribution in [3.05, 3.63) is 76.0 Å². The first-order valence-electron chi connectivity index (χ1n) is 10.7. The molecule has 0 fully saturated rings. The number of hydrogen-bond acceptors (Lipinski definition) is 3. The third-order valence-electron chi connectivity index (χ3n) is 6.55. The van der Waals surface area contributed by atoms with Gasteiger partial charge in [-0.25, -0.2) is 8.78 Å². The fraction of sp³-hybridized carbons (Fsp3) is 0.333. The van der Waals surface area contributed by atoms with Crippen molar-refractivity contribution in [3.8, 4) is 11.3 Å². The van der Waals surface area contributed by atoms with Gasteiger partial charge in [0.15, 0.2) is 0 Å². The van der Waals surface area contributed by atoms with Gasteiger partial charge in [-0.15, -0.1) is 0 Å². The summed E-state index contributed by atoms with van der Waals surface area (Å²) < 4.78 is 70.0. The Morgan fingerprint density at radius 1 is 1.15 bits per heavy atom. The number of aromatic nitrogens is 2. The van der Waals surface area contributed by atoms with Crippen molar-refractivity contribution in [2.24, 2.45) is 0 Å². The van der Waals surface area contributed by atoms with Gasteiger partial charge in [0.05, 0.1) is 17.4 Å². The quantitative estimate of drug-likeness (QED) is 0.562. The van der Waals surface area contributed by atoms with Crippen LogP contribution in [0.4, 0.5) is 22.0 Å². The molecule has 2 aliphatic rings. The third-order valence-corrected chi connectivity index (χ3v) is 6.55. The molecule has 0 saturated carbocycles. The van der Waals surface area contributed by atoms with Crippen LogP contribution >= 0.6 is 0 Å². The molecule has 0 bridgehead atoms. The summed E-state index contributed by atoms with van der Waals surface area (Å²) in [6.07, 6.45) is -5.37. The minimum Gasteiger partial charge on any atom is -0.390 e. The number of alkyl halides is 3. The van der Waals surface area contributed by atoms with E-state index in [0.717, 1.165) is 24.3 Å². The van der Waals surface area contributed by atoms with Crippen LogP contribution in [0.5, 0.6) is 0 Å². The summed E-state index contributed by atoms with van der Waals surface area (Å²) in [5.74, 6) is -1.75. The summed E-state index contributed by atoms with van der Waals surface area (Å²) >= 11 is 0. The Hall–Kier alpha value is -3.27. The fourth-order valence-electron chi connectivity index (χ4n) is 4.94. The molecular weight excluding hydrogens is 457 g/mol. The standard InChI is InChI=1S/C24H20F5N3O2/c1-12(33)31-6-5-20-18(11-31)22(13-3-2-4-14(7-13)24(27,28)29)30-32(20)23-17-8-15(25)9-19(26)16(17)10-21(23)34/h2-4,7-9,21,23,34H,5-6,10-11H2,1H3/t21-,23-/m1/s1. The average molecular weight is 477 g/mol. The minimum absolute atomic E-state index is 0.0425. The Bertz CT molecular complexity index is 1300. The van der Waals surface area contributed by atoms with E-state index in [0.29, 0.717) is 24.2 Å². The maximum absolute atomic E-state index is 14.4. The van der Waals surface area contributed by atoms with Gasteiger partial charge in [-0.05, 0) is 29.3 Å². The van der Waals surface area contributed by atoms with Crippen LogP contribution in [0.15, 0.2) is 36.4 Å². The number of aliphatic hydroxyl groups is 1. The molecule has 0 radical (unpaired) electrons. The molecule has 0 spiro atoms. The number of carbonyl (C=O) groups excluding carboxylic acids is 1. The summed E-state index contributed by atoms with van der Waals surface area (Å²) in [6, 6.07) is 5.72. The summed E-state index contributed by atoms with van der Waals surface area (Å²) in [7, 11) is 0. The van der Waals surface area contributed by atoms with Crippen molar-refractivity contribution in [1.29, 1.82) is 0 Å². The smallest absolute Gasteiger partial charge is 0.390 e. The highest BCUT2D eigenvalue weighted by atomic mass is 19.4. The number of rotatable bonds is 2. The van der Waals surface area contributed by atoms with Crippen molar-refractivity contribution in [1.82, 2.24) is 14.7 Å². The monoisotopic (exact) mass is 477 g/mol. The lowest BCUT2D eigenvalue weighted by Crippen LogP contribution is -2.35. The van der Waals surface area contributed by atoms with E-state index >= 15 is 0 Å². The lowest BCUT2D eigenvalue weighted by Gasteiger charge is -2.28. The van der Waals surface area contributed by atoms with Gasteiger partial charge in [0.25, 0.3) is 0 Å². The zero-order chi connectivity index (χ0) is 24.4. The van der Waals surface area contributed by atoms with Gasteiger partial charge in [-0.3, -0.25) is 9.48 Å². The average Bonchev–Trinajstić information content (AvgIpc) is 3.30. The number of benzene rings is 2. The summed E-state index contributed by atoms with van der Waals surface area (Å²) in [5.41, 5.74) is 1.20. The Morgan fingerprint density at radius 2 is 1.91 bits per heavy atom. The Labute approximate surface area is 191 Å². The maximum atomic E-state index is 14.4. The van der Waals surface area contributed by atoms with Gasteiger partial charge < -0.3 is 10.0 Å². The SMILES string of the molecule is CC(=O)N1CCc2c(c(-c3cccc(C(F)(F)F)c3)nn2[C@@H]2c3cc(F)cc(F)c3C[C@H]2O)C1. The molecule has 34 heavy (non-hydrogen) atoms. The predicted octanol–water partition coefficient (Wildman–Crippen LogP) is 4.26. The van der Waals surface area contributed by atoms with Gasteiger partial charge in [0, 0.05) is 55.7 Å². The van der Waals surface area contributed by atoms with Crippen LogP contribution in [0.25, 0.3) is 11.3 Å². The normalized spacial score (nSPS) is 19.8. The largest absolute Gasteiger partial charge is 0.416 e. The lowest BCUT2D eigenvalue weighted by atomic mass is 9.99. The molecule has 2 heterocycles. The van der Waals surface area contributed by atoms with E-state index in [4.69, 9.17) is 0 Å². The zero-order valence-electron chi connectivity index (χ0n) is 18.0. The van der Waals surface area contributed by atoms with E-state index in [2.05, 4.69) is 5.10 Å². The number of halogens is 5. The van der Waals surface area contributed by atoms with Crippen LogP contribution in [0.3, 0.4) is 0 Å². The van der Waals surface area contributed by atoms with Gasteiger partial charge in [-0.2, -0.15) is 18.3 Å². The number of fused-ring (bicyclic) bond motifs is 2. The third kappa shape index (κ3) is 3.66. The van der Waals surface area contributed by atoms with Crippen molar-refractivity contribution in [3.63, 3.8) is 0 Å². The van der Waals surface area contributed by atoms with E-state index in [1.54, 1.807) is 4.90 Å². The van der Waals surface area contributed by atoms with Crippen molar-refractivity contribution in [2.75, 3.05) is 6.54 Å². The number of aliphatic hydroxyl groups excluding tert-OH is 1. The van der Waals surface area contributed by atoms with Gasteiger partial charge in [0.1, 0.15) is 17.7 Å². The zero-order valence-corrected chi connectivity index (χ0v) is 18.0. The van der Waals surface area contributed by atoms with Crippen molar-refractivity contribution < 1.29 is 31.9 Å². The summed E-state index contributed by atoms with van der Waals surface area (Å²) in [6.45, 7) is 1.88. The summed E-state index contributed by atoms with van der Waals surface area (Å²) in [4.78, 5) is 13.6. The maximum Gasteiger partial charge on any atom is 0.416 e. The second kappa shape index (κ2) is 7.90. The molecule has 1 aliphatic carbocycles. The van der Waals surface area contributed by atoms with Gasteiger partial charge >= 0.3 is 6.18 Å². The first kappa shape index (κ1) is 22.5. The predicted molar refractivity (Wildman–Crippen MR) is 112 cm³/mol. The molecule has 0 saturated heterocycles. The number of carbonyl (C=O) groups is 1. The number of nitrogens with zero attached hydrogens (tertiary/aromatic N) is 3. The van der Waals surface area contributed by atoms with E-state index in [1.807, 2.05) is 0 Å². The van der Waals surface area contributed by atoms with Crippen LogP contribution in [-0.2, 0) is 30.4 Å². The van der Waals surface area contributed by atoms with Gasteiger partial charge in [0.2, 0.25) is 5.91 Å². The molecule has 3 aromatic rings. The molecule has 1 N–H and O–H groups in total. The van der Waals surface area contributed by atoms with Crippen LogP contribution in [-0.4, -0.2) is 38.3 Å². The molecule has 1 aromatic heterocycles. The van der Waals surface area contributed by atoms with Crippen LogP contribution in [0.2, 0.25) is 0 Å². The molecule has 1 aliphatic heterocycles. The molecule has 2 aromatic carbocycles. The van der Waals surface area contributed by atoms with E-state index < -0.39 is 35.5 Å². The number of hydrogen-bond donors (Lipinski definition) is 1. The molecule has 1 amide bonds. The molecule has 5 nitrogen and oxygen atoms in total. The minimum atomic E-state index is -4.56. The number of amides is 1. The van der Waals surface area contributed by atoms with Crippen LogP contribution < -0.4 is 0 Å². The van der Waals surface area contributed by atoms with E-state index in [-0.39, 0.29) is 41.3 Å². The van der Waals surface area contributed by atoms with Gasteiger partial charge in [-0.1, -0.05) is 12.1 Å². The van der Waals surface area contributed by atoms with E-state index in [9.17, 15) is 31.9 Å². The highest BCUT2D eigenvalue weighted by molar-refractivity contribution is 5.75. The molecule has 5 rings (SSSR count). The van der Waals surface area contributed by atoms with Crippen molar-refractivity contribution >= 4 is 5.91 Å². The molecule has 10 heteroatoms. The fourth-order valence-corrected chi connectivity index (χ4v) is 4.94. The second-order valence-corrected chi connectivity index (χ2v) is 8.66. The highest BCUT2D eigenvalue weighted by Gasteiger charge is 2.39. The molecular formula is C24H20F5N3O2. The molecule has 178 valence electrons. The first-order valence-corrected chi connectivity index (χ1v) is 10.7.